The van der Waals surface area contributed by atoms with E-state index in [1.165, 1.54) is 9.80 Å². The summed E-state index contributed by atoms with van der Waals surface area (Å²) >= 11 is 1.65. The van der Waals surface area contributed by atoms with E-state index in [2.05, 4.69) is 0 Å². The monoisotopic (exact) mass is 247 g/mol. The van der Waals surface area contributed by atoms with Crippen LogP contribution in [0, 0.1) is 0 Å². The van der Waals surface area contributed by atoms with E-state index in [-0.39, 0.29) is 18.4 Å². The smallest absolute Gasteiger partial charge is 0.241 e. The Labute approximate surface area is 101 Å². The summed E-state index contributed by atoms with van der Waals surface area (Å²) in [7, 11) is 4.92. The zero-order valence-corrected chi connectivity index (χ0v) is 11.2. The zero-order chi connectivity index (χ0) is 12.7. The van der Waals surface area contributed by atoms with Crippen LogP contribution in [0.25, 0.3) is 0 Å². The molecule has 0 heterocycles. The summed E-state index contributed by atoms with van der Waals surface area (Å²) in [6.45, 7) is 0.0821. The Kier molecular flexibility index (Phi) is 7.16. The fourth-order valence-corrected chi connectivity index (χ4v) is 1.56. The second-order valence-corrected chi connectivity index (χ2v) is 4.86. The average molecular weight is 247 g/mol. The number of amides is 2. The number of carbonyl (C=O) groups excluding carboxylic acids is 2. The molecule has 0 aliphatic rings. The van der Waals surface area contributed by atoms with Crippen molar-refractivity contribution in [3.05, 3.63) is 0 Å². The third-order valence-electron chi connectivity index (χ3n) is 2.20. The van der Waals surface area contributed by atoms with Gasteiger partial charge in [0.05, 0.1) is 12.6 Å². The van der Waals surface area contributed by atoms with Crippen LogP contribution in [0.2, 0.25) is 0 Å². The maximum absolute atomic E-state index is 11.7. The van der Waals surface area contributed by atoms with Crippen LogP contribution in [0.4, 0.5) is 0 Å². The van der Waals surface area contributed by atoms with Crippen molar-refractivity contribution < 1.29 is 9.59 Å². The predicted molar refractivity (Wildman–Crippen MR) is 67.3 cm³/mol. The van der Waals surface area contributed by atoms with Crippen LogP contribution in [0.5, 0.6) is 0 Å². The summed E-state index contributed by atoms with van der Waals surface area (Å²) in [5.74, 6) is 0.569. The molecule has 0 rings (SSSR count). The van der Waals surface area contributed by atoms with Gasteiger partial charge in [-0.05, 0) is 18.4 Å². The lowest BCUT2D eigenvalue weighted by Crippen LogP contribution is -2.45. The van der Waals surface area contributed by atoms with Crippen LogP contribution in [-0.4, -0.2) is 67.4 Å². The standard InChI is InChI=1S/C10H21N3O2S/c1-12(2)9(14)7-13(3)10(15)8(11)5-6-16-4/h8H,5-7,11H2,1-4H3/t8-/m1/s1. The number of hydrogen-bond acceptors (Lipinski definition) is 4. The quantitative estimate of drug-likeness (QED) is 0.694. The molecule has 0 aromatic carbocycles. The Morgan fingerprint density at radius 1 is 1.31 bits per heavy atom. The molecule has 1 atom stereocenters. The van der Waals surface area contributed by atoms with Crippen molar-refractivity contribution in [3.8, 4) is 0 Å². The normalized spacial score (nSPS) is 12.1. The third-order valence-corrected chi connectivity index (χ3v) is 2.84. The first-order valence-corrected chi connectivity index (χ1v) is 6.49. The molecule has 0 aromatic heterocycles. The van der Waals surface area contributed by atoms with Gasteiger partial charge in [0.1, 0.15) is 0 Å². The summed E-state index contributed by atoms with van der Waals surface area (Å²) in [6.07, 6.45) is 2.61. The summed E-state index contributed by atoms with van der Waals surface area (Å²) in [5, 5.41) is 0. The Hall–Kier alpha value is -0.750. The van der Waals surface area contributed by atoms with Gasteiger partial charge in [-0.2, -0.15) is 11.8 Å². The van der Waals surface area contributed by atoms with Gasteiger partial charge in [0, 0.05) is 21.1 Å². The molecule has 0 aliphatic heterocycles. The van der Waals surface area contributed by atoms with Crippen molar-refractivity contribution in [1.29, 1.82) is 0 Å². The van der Waals surface area contributed by atoms with Crippen molar-refractivity contribution >= 4 is 23.6 Å². The molecular weight excluding hydrogens is 226 g/mol. The first kappa shape index (κ1) is 15.2. The molecule has 0 aliphatic carbocycles. The van der Waals surface area contributed by atoms with Crippen LogP contribution < -0.4 is 5.73 Å². The number of likely N-dealkylation sites (N-methyl/N-ethyl adjacent to an activating group) is 2. The second kappa shape index (κ2) is 7.51. The van der Waals surface area contributed by atoms with Crippen molar-refractivity contribution in [2.24, 2.45) is 5.73 Å². The molecular formula is C10H21N3O2S. The SMILES string of the molecule is CSCC[C@@H](N)C(=O)N(C)CC(=O)N(C)C. The largest absolute Gasteiger partial charge is 0.347 e. The number of nitrogens with two attached hydrogens (primary N) is 1. The average Bonchev–Trinajstić information content (AvgIpc) is 2.24. The van der Waals surface area contributed by atoms with Gasteiger partial charge in [-0.3, -0.25) is 9.59 Å². The Bertz CT molecular complexity index is 246. The lowest BCUT2D eigenvalue weighted by atomic mass is 10.2. The van der Waals surface area contributed by atoms with Crippen LogP contribution >= 0.6 is 11.8 Å². The molecule has 94 valence electrons. The Morgan fingerprint density at radius 3 is 2.31 bits per heavy atom. The molecule has 2 N–H and O–H groups in total. The van der Waals surface area contributed by atoms with Gasteiger partial charge in [-0.15, -0.1) is 0 Å². The van der Waals surface area contributed by atoms with Crippen molar-refractivity contribution in [2.75, 3.05) is 39.7 Å². The summed E-state index contributed by atoms with van der Waals surface area (Å²) < 4.78 is 0. The van der Waals surface area contributed by atoms with Crippen molar-refractivity contribution in [2.45, 2.75) is 12.5 Å². The lowest BCUT2D eigenvalue weighted by Gasteiger charge is -2.22. The Morgan fingerprint density at radius 2 is 1.88 bits per heavy atom. The molecule has 0 bridgehead atoms. The molecule has 0 unspecified atom stereocenters. The van der Waals surface area contributed by atoms with E-state index in [0.717, 1.165) is 5.75 Å². The van der Waals surface area contributed by atoms with Crippen LogP contribution in [-0.2, 0) is 9.59 Å². The Balaban J connectivity index is 4.12. The molecule has 0 saturated carbocycles. The molecule has 16 heavy (non-hydrogen) atoms. The summed E-state index contributed by atoms with van der Waals surface area (Å²) in [5.41, 5.74) is 5.73. The zero-order valence-electron chi connectivity index (χ0n) is 10.4. The maximum Gasteiger partial charge on any atom is 0.241 e. The highest BCUT2D eigenvalue weighted by Crippen LogP contribution is 2.01. The highest BCUT2D eigenvalue weighted by Gasteiger charge is 2.19. The van der Waals surface area contributed by atoms with Gasteiger partial charge in [-0.1, -0.05) is 0 Å². The van der Waals surface area contributed by atoms with Crippen molar-refractivity contribution in [1.82, 2.24) is 9.80 Å². The van der Waals surface area contributed by atoms with Crippen molar-refractivity contribution in [3.63, 3.8) is 0 Å². The summed E-state index contributed by atoms with van der Waals surface area (Å²) in [6, 6.07) is -0.507. The molecule has 0 spiro atoms. The summed E-state index contributed by atoms with van der Waals surface area (Å²) in [4.78, 5) is 25.9. The minimum atomic E-state index is -0.507. The number of rotatable bonds is 6. The fraction of sp³-hybridized carbons (Fsp3) is 0.800. The molecule has 6 heteroatoms. The maximum atomic E-state index is 11.7. The van der Waals surface area contributed by atoms with Crippen LogP contribution in [0.3, 0.4) is 0 Å². The van der Waals surface area contributed by atoms with Gasteiger partial charge in [0.25, 0.3) is 0 Å². The van der Waals surface area contributed by atoms with E-state index < -0.39 is 6.04 Å². The predicted octanol–water partition coefficient (Wildman–Crippen LogP) is -0.387. The number of thioether (sulfide) groups is 1. The van der Waals surface area contributed by atoms with E-state index in [0.29, 0.717) is 6.42 Å². The third kappa shape index (κ3) is 5.37. The molecule has 2 amide bonds. The van der Waals surface area contributed by atoms with Gasteiger partial charge < -0.3 is 15.5 Å². The van der Waals surface area contributed by atoms with Gasteiger partial charge in [0.2, 0.25) is 11.8 Å². The highest BCUT2D eigenvalue weighted by atomic mass is 32.2. The molecule has 0 aromatic rings. The molecule has 5 nitrogen and oxygen atoms in total. The van der Waals surface area contributed by atoms with E-state index in [1.54, 1.807) is 32.9 Å². The van der Waals surface area contributed by atoms with E-state index >= 15 is 0 Å². The topological polar surface area (TPSA) is 66.6 Å². The first-order valence-electron chi connectivity index (χ1n) is 5.09. The molecule has 0 fully saturated rings. The van der Waals surface area contributed by atoms with E-state index in [4.69, 9.17) is 5.73 Å². The molecule has 0 saturated heterocycles. The number of carbonyl (C=O) groups is 2. The van der Waals surface area contributed by atoms with E-state index in [1.807, 2.05) is 6.26 Å². The number of nitrogens with zero attached hydrogens (tertiary/aromatic N) is 2. The van der Waals surface area contributed by atoms with Gasteiger partial charge in [0.15, 0.2) is 0 Å². The fourth-order valence-electron chi connectivity index (χ4n) is 1.07. The van der Waals surface area contributed by atoms with Crippen LogP contribution in [0.1, 0.15) is 6.42 Å². The van der Waals surface area contributed by atoms with Gasteiger partial charge in [-0.25, -0.2) is 0 Å². The number of hydrogen-bond donors (Lipinski definition) is 1. The minimum Gasteiger partial charge on any atom is -0.347 e. The lowest BCUT2D eigenvalue weighted by molar-refractivity contribution is -0.138. The van der Waals surface area contributed by atoms with Gasteiger partial charge >= 0.3 is 0 Å². The van der Waals surface area contributed by atoms with E-state index in [9.17, 15) is 9.59 Å². The minimum absolute atomic E-state index is 0.0821. The highest BCUT2D eigenvalue weighted by molar-refractivity contribution is 7.98. The van der Waals surface area contributed by atoms with Crippen LogP contribution in [0.15, 0.2) is 0 Å². The first-order chi connectivity index (χ1) is 7.40. The molecule has 0 radical (unpaired) electrons. The second-order valence-electron chi connectivity index (χ2n) is 3.87.